The van der Waals surface area contributed by atoms with E-state index in [2.05, 4.69) is 18.3 Å². The van der Waals surface area contributed by atoms with Gasteiger partial charge in [-0.1, -0.05) is 13.3 Å². The second kappa shape index (κ2) is 6.28. The van der Waals surface area contributed by atoms with Crippen molar-refractivity contribution in [1.82, 2.24) is 5.32 Å². The molecule has 1 rings (SSSR count). The van der Waals surface area contributed by atoms with Crippen molar-refractivity contribution < 1.29 is 0 Å². The molecule has 0 aromatic heterocycles. The van der Waals surface area contributed by atoms with Crippen LogP contribution in [0.25, 0.3) is 0 Å². The van der Waals surface area contributed by atoms with Gasteiger partial charge in [-0.05, 0) is 25.0 Å². The first-order chi connectivity index (χ1) is 6.36. The zero-order valence-electron chi connectivity index (χ0n) is 8.25. The van der Waals surface area contributed by atoms with Crippen LogP contribution in [0.15, 0.2) is 0 Å². The molecular weight excluding hydrogens is 180 g/mol. The summed E-state index contributed by atoms with van der Waals surface area (Å²) in [5.41, 5.74) is 0. The highest BCUT2D eigenvalue weighted by molar-refractivity contribution is 7.99. The Morgan fingerprint density at radius 2 is 2.38 bits per heavy atom. The van der Waals surface area contributed by atoms with Crippen molar-refractivity contribution in [3.8, 4) is 6.07 Å². The van der Waals surface area contributed by atoms with Gasteiger partial charge in [0.2, 0.25) is 0 Å². The van der Waals surface area contributed by atoms with Crippen LogP contribution in [0.5, 0.6) is 0 Å². The summed E-state index contributed by atoms with van der Waals surface area (Å²) in [6, 6.07) is 3.05. The molecule has 0 bridgehead atoms. The second-order valence-electron chi connectivity index (χ2n) is 3.55. The maximum Gasteiger partial charge on any atom is 0.105 e. The van der Waals surface area contributed by atoms with Gasteiger partial charge < -0.3 is 0 Å². The molecule has 2 nitrogen and oxygen atoms in total. The molecule has 0 radical (unpaired) electrons. The van der Waals surface area contributed by atoms with Gasteiger partial charge in [0.25, 0.3) is 0 Å². The van der Waals surface area contributed by atoms with E-state index in [0.717, 1.165) is 5.75 Å². The summed E-state index contributed by atoms with van der Waals surface area (Å²) in [5.74, 6) is 2.15. The first-order valence-electron chi connectivity index (χ1n) is 5.10. The van der Waals surface area contributed by atoms with Gasteiger partial charge in [-0.15, -0.1) is 0 Å². The number of nitriles is 1. The summed E-state index contributed by atoms with van der Waals surface area (Å²) >= 11 is 1.90. The predicted molar refractivity (Wildman–Crippen MR) is 57.8 cm³/mol. The minimum atomic E-state index is 0.0781. The van der Waals surface area contributed by atoms with Crippen LogP contribution in [-0.4, -0.2) is 23.6 Å². The fourth-order valence-electron chi connectivity index (χ4n) is 1.10. The molecule has 1 aliphatic rings. The lowest BCUT2D eigenvalue weighted by Crippen LogP contribution is -2.31. The van der Waals surface area contributed by atoms with Gasteiger partial charge in [0.15, 0.2) is 0 Å². The minimum Gasteiger partial charge on any atom is -0.298 e. The van der Waals surface area contributed by atoms with Crippen LogP contribution in [0, 0.1) is 11.3 Å². The van der Waals surface area contributed by atoms with E-state index < -0.39 is 0 Å². The van der Waals surface area contributed by atoms with E-state index in [1.54, 1.807) is 0 Å². The minimum absolute atomic E-state index is 0.0781. The molecule has 1 fully saturated rings. The van der Waals surface area contributed by atoms with Gasteiger partial charge in [0.05, 0.1) is 6.07 Å². The lowest BCUT2D eigenvalue weighted by Gasteiger charge is -2.09. The quantitative estimate of drug-likeness (QED) is 0.637. The fraction of sp³-hybridized carbons (Fsp3) is 0.900. The van der Waals surface area contributed by atoms with Gasteiger partial charge in [0, 0.05) is 11.8 Å². The lowest BCUT2D eigenvalue weighted by molar-refractivity contribution is 0.644. The van der Waals surface area contributed by atoms with E-state index in [1.165, 1.54) is 31.4 Å². The van der Waals surface area contributed by atoms with Crippen LogP contribution in [0.1, 0.15) is 32.6 Å². The first kappa shape index (κ1) is 10.9. The Kier molecular flexibility index (Phi) is 5.26. The van der Waals surface area contributed by atoms with Crippen LogP contribution in [-0.2, 0) is 0 Å². The summed E-state index contributed by atoms with van der Waals surface area (Å²) in [7, 11) is 0. The molecule has 0 aliphatic heterocycles. The first-order valence-corrected chi connectivity index (χ1v) is 6.25. The molecule has 0 aromatic rings. The number of nitrogens with zero attached hydrogens (tertiary/aromatic N) is 1. The second-order valence-corrected chi connectivity index (χ2v) is 4.70. The molecule has 1 unspecified atom stereocenters. The normalized spacial score (nSPS) is 18.2. The summed E-state index contributed by atoms with van der Waals surface area (Å²) < 4.78 is 0. The van der Waals surface area contributed by atoms with E-state index in [0.29, 0.717) is 6.04 Å². The smallest absolute Gasteiger partial charge is 0.105 e. The number of hydrogen-bond acceptors (Lipinski definition) is 3. The van der Waals surface area contributed by atoms with Crippen LogP contribution in [0.4, 0.5) is 0 Å². The SMILES string of the molecule is CCCCSCC(C#N)NC1CC1. The highest BCUT2D eigenvalue weighted by atomic mass is 32.2. The molecule has 0 amide bonds. The van der Waals surface area contributed by atoms with Crippen molar-refractivity contribution in [2.45, 2.75) is 44.7 Å². The molecule has 0 aromatic carbocycles. The predicted octanol–water partition coefficient (Wildman–Crippen LogP) is 2.16. The monoisotopic (exact) mass is 198 g/mol. The van der Waals surface area contributed by atoms with Crippen molar-refractivity contribution in [2.75, 3.05) is 11.5 Å². The topological polar surface area (TPSA) is 35.8 Å². The van der Waals surface area contributed by atoms with Crippen LogP contribution in [0.3, 0.4) is 0 Å². The molecular formula is C10H18N2S. The molecule has 0 spiro atoms. The molecule has 0 saturated heterocycles. The Balaban J connectivity index is 1.99. The summed E-state index contributed by atoms with van der Waals surface area (Å²) in [6.07, 6.45) is 5.04. The number of hydrogen-bond donors (Lipinski definition) is 1. The van der Waals surface area contributed by atoms with Crippen molar-refractivity contribution in [2.24, 2.45) is 0 Å². The summed E-state index contributed by atoms with van der Waals surface area (Å²) in [5, 5.41) is 12.2. The molecule has 3 heteroatoms. The number of nitrogens with one attached hydrogen (secondary N) is 1. The van der Waals surface area contributed by atoms with Gasteiger partial charge in [-0.3, -0.25) is 5.32 Å². The average molecular weight is 198 g/mol. The molecule has 13 heavy (non-hydrogen) atoms. The van der Waals surface area contributed by atoms with E-state index in [-0.39, 0.29) is 6.04 Å². The highest BCUT2D eigenvalue weighted by Crippen LogP contribution is 2.20. The maximum absolute atomic E-state index is 8.83. The standard InChI is InChI=1S/C10H18N2S/c1-2-3-6-13-8-10(7-11)12-9-4-5-9/h9-10,12H,2-6,8H2,1H3. The van der Waals surface area contributed by atoms with Crippen molar-refractivity contribution in [3.05, 3.63) is 0 Å². The average Bonchev–Trinajstić information content (AvgIpc) is 2.94. The Labute approximate surface area is 85.1 Å². The number of unbranched alkanes of at least 4 members (excludes halogenated alkanes) is 1. The van der Waals surface area contributed by atoms with E-state index in [4.69, 9.17) is 5.26 Å². The van der Waals surface area contributed by atoms with Gasteiger partial charge in [0.1, 0.15) is 6.04 Å². The number of rotatable bonds is 7. The largest absolute Gasteiger partial charge is 0.298 e. The molecule has 1 saturated carbocycles. The maximum atomic E-state index is 8.83. The molecule has 1 atom stereocenters. The van der Waals surface area contributed by atoms with E-state index in [9.17, 15) is 0 Å². The molecule has 1 N–H and O–H groups in total. The Morgan fingerprint density at radius 3 is 2.92 bits per heavy atom. The van der Waals surface area contributed by atoms with Gasteiger partial charge in [-0.2, -0.15) is 17.0 Å². The van der Waals surface area contributed by atoms with Gasteiger partial charge in [-0.25, -0.2) is 0 Å². The van der Waals surface area contributed by atoms with Crippen LogP contribution in [0.2, 0.25) is 0 Å². The lowest BCUT2D eigenvalue weighted by atomic mass is 10.4. The van der Waals surface area contributed by atoms with Crippen molar-refractivity contribution in [3.63, 3.8) is 0 Å². The van der Waals surface area contributed by atoms with Crippen molar-refractivity contribution in [1.29, 1.82) is 5.26 Å². The Morgan fingerprint density at radius 1 is 1.62 bits per heavy atom. The molecule has 74 valence electrons. The van der Waals surface area contributed by atoms with E-state index in [1.807, 2.05) is 11.8 Å². The van der Waals surface area contributed by atoms with Gasteiger partial charge >= 0.3 is 0 Å². The zero-order chi connectivity index (χ0) is 9.52. The van der Waals surface area contributed by atoms with Crippen molar-refractivity contribution >= 4 is 11.8 Å². The highest BCUT2D eigenvalue weighted by Gasteiger charge is 2.24. The third kappa shape index (κ3) is 5.17. The summed E-state index contributed by atoms with van der Waals surface area (Å²) in [4.78, 5) is 0. The Bertz CT molecular complexity index is 172. The van der Waals surface area contributed by atoms with Crippen LogP contribution < -0.4 is 5.32 Å². The molecule has 0 heterocycles. The van der Waals surface area contributed by atoms with E-state index >= 15 is 0 Å². The number of thioether (sulfide) groups is 1. The fourth-order valence-corrected chi connectivity index (χ4v) is 2.17. The third-order valence-corrected chi connectivity index (χ3v) is 3.24. The molecule has 1 aliphatic carbocycles. The zero-order valence-corrected chi connectivity index (χ0v) is 9.07. The third-order valence-electron chi connectivity index (χ3n) is 2.10. The summed E-state index contributed by atoms with van der Waals surface area (Å²) in [6.45, 7) is 2.20. The Hall–Kier alpha value is -0.200. The van der Waals surface area contributed by atoms with Crippen LogP contribution >= 0.6 is 11.8 Å².